The molecule has 1 saturated carbocycles. The second kappa shape index (κ2) is 6.10. The van der Waals surface area contributed by atoms with Gasteiger partial charge in [0.05, 0.1) is 0 Å². The van der Waals surface area contributed by atoms with Crippen LogP contribution in [-0.4, -0.2) is 50.7 Å². The van der Waals surface area contributed by atoms with Crippen molar-refractivity contribution in [3.63, 3.8) is 0 Å². The van der Waals surface area contributed by atoms with Crippen molar-refractivity contribution in [1.29, 1.82) is 0 Å². The fraction of sp³-hybridized carbons (Fsp3) is 0.625. The van der Waals surface area contributed by atoms with Crippen molar-refractivity contribution in [2.24, 2.45) is 5.92 Å². The molecule has 20 heavy (non-hydrogen) atoms. The first-order valence-electron chi connectivity index (χ1n) is 7.67. The van der Waals surface area contributed by atoms with Crippen molar-refractivity contribution >= 4 is 5.69 Å². The molecule has 0 aromatic heterocycles. The van der Waals surface area contributed by atoms with E-state index in [9.17, 15) is 4.39 Å². The minimum atomic E-state index is -0.156. The van der Waals surface area contributed by atoms with Crippen molar-refractivity contribution in [3.05, 3.63) is 30.1 Å². The van der Waals surface area contributed by atoms with E-state index in [2.05, 4.69) is 15.1 Å². The van der Waals surface area contributed by atoms with E-state index in [-0.39, 0.29) is 5.82 Å². The monoisotopic (exact) mass is 277 g/mol. The lowest BCUT2D eigenvalue weighted by atomic mass is 9.78. The Morgan fingerprint density at radius 1 is 1.10 bits per heavy atom. The van der Waals surface area contributed by atoms with Crippen LogP contribution in [0.15, 0.2) is 24.3 Å². The van der Waals surface area contributed by atoms with Gasteiger partial charge in [0.2, 0.25) is 0 Å². The number of nitrogens with zero attached hydrogens (tertiary/aromatic N) is 2. The normalized spacial score (nSPS) is 27.4. The number of piperazine rings is 1. The highest BCUT2D eigenvalue weighted by Gasteiger charge is 2.36. The van der Waals surface area contributed by atoms with Gasteiger partial charge in [0, 0.05) is 37.9 Å². The van der Waals surface area contributed by atoms with Crippen molar-refractivity contribution in [1.82, 2.24) is 10.2 Å². The number of nitrogens with one attached hydrogen (secondary N) is 1. The third-order valence-electron chi connectivity index (χ3n) is 4.82. The lowest BCUT2D eigenvalue weighted by Crippen LogP contribution is -2.57. The van der Waals surface area contributed by atoms with Crippen molar-refractivity contribution in [2.75, 3.05) is 44.7 Å². The van der Waals surface area contributed by atoms with Crippen LogP contribution in [0.25, 0.3) is 0 Å². The Hall–Kier alpha value is -1.13. The topological polar surface area (TPSA) is 18.5 Å². The molecule has 110 valence electrons. The van der Waals surface area contributed by atoms with Crippen LogP contribution in [0.5, 0.6) is 0 Å². The smallest absolute Gasteiger partial charge is 0.123 e. The summed E-state index contributed by atoms with van der Waals surface area (Å²) in [5.41, 5.74) is 1.14. The maximum atomic E-state index is 13.0. The van der Waals surface area contributed by atoms with Gasteiger partial charge >= 0.3 is 0 Å². The zero-order valence-corrected chi connectivity index (χ0v) is 12.2. The second-order valence-corrected chi connectivity index (χ2v) is 5.96. The average molecular weight is 277 g/mol. The van der Waals surface area contributed by atoms with Gasteiger partial charge in [-0.3, -0.25) is 4.90 Å². The first kappa shape index (κ1) is 13.8. The average Bonchev–Trinajstić information content (AvgIpc) is 2.45. The second-order valence-electron chi connectivity index (χ2n) is 5.96. The predicted octanol–water partition coefficient (Wildman–Crippen LogP) is 1.95. The first-order valence-corrected chi connectivity index (χ1v) is 7.67. The SMILES string of the molecule is CNCC1CCC1N1CCN(c2ccc(F)cc2)CC1. The van der Waals surface area contributed by atoms with Gasteiger partial charge < -0.3 is 10.2 Å². The Bertz CT molecular complexity index is 426. The molecule has 1 saturated heterocycles. The van der Waals surface area contributed by atoms with Crippen LogP contribution < -0.4 is 10.2 Å². The van der Waals surface area contributed by atoms with E-state index in [1.165, 1.54) is 12.8 Å². The fourth-order valence-corrected chi connectivity index (χ4v) is 3.50. The minimum Gasteiger partial charge on any atom is -0.369 e. The summed E-state index contributed by atoms with van der Waals surface area (Å²) in [5, 5.41) is 3.31. The molecular weight excluding hydrogens is 253 g/mol. The Morgan fingerprint density at radius 2 is 1.80 bits per heavy atom. The maximum absolute atomic E-state index is 13.0. The molecule has 2 atom stereocenters. The Morgan fingerprint density at radius 3 is 2.35 bits per heavy atom. The predicted molar refractivity (Wildman–Crippen MR) is 80.6 cm³/mol. The van der Waals surface area contributed by atoms with Crippen LogP contribution >= 0.6 is 0 Å². The number of rotatable bonds is 4. The third-order valence-corrected chi connectivity index (χ3v) is 4.82. The summed E-state index contributed by atoms with van der Waals surface area (Å²) < 4.78 is 13.0. The molecule has 2 aliphatic rings. The van der Waals surface area contributed by atoms with E-state index >= 15 is 0 Å². The minimum absolute atomic E-state index is 0.156. The van der Waals surface area contributed by atoms with E-state index in [0.29, 0.717) is 0 Å². The van der Waals surface area contributed by atoms with Gasteiger partial charge in [-0.25, -0.2) is 4.39 Å². The summed E-state index contributed by atoms with van der Waals surface area (Å²) in [4.78, 5) is 5.01. The molecule has 1 N–H and O–H groups in total. The summed E-state index contributed by atoms with van der Waals surface area (Å²) in [6.07, 6.45) is 2.71. The Labute approximate surface area is 120 Å². The van der Waals surface area contributed by atoms with Gasteiger partial charge in [-0.2, -0.15) is 0 Å². The number of hydrogen-bond donors (Lipinski definition) is 1. The molecule has 4 heteroatoms. The summed E-state index contributed by atoms with van der Waals surface area (Å²) in [6.45, 7) is 5.50. The molecule has 3 rings (SSSR count). The van der Waals surface area contributed by atoms with Crippen LogP contribution in [0.4, 0.5) is 10.1 Å². The Kier molecular flexibility index (Phi) is 4.22. The van der Waals surface area contributed by atoms with E-state index in [0.717, 1.165) is 50.4 Å². The van der Waals surface area contributed by atoms with Crippen molar-refractivity contribution in [2.45, 2.75) is 18.9 Å². The van der Waals surface area contributed by atoms with Gasteiger partial charge in [-0.15, -0.1) is 0 Å². The van der Waals surface area contributed by atoms with Crippen molar-refractivity contribution < 1.29 is 4.39 Å². The van der Waals surface area contributed by atoms with Gasteiger partial charge in [0.15, 0.2) is 0 Å². The molecule has 1 aromatic carbocycles. The molecule has 1 aromatic rings. The first-order chi connectivity index (χ1) is 9.78. The zero-order chi connectivity index (χ0) is 13.9. The number of benzene rings is 1. The zero-order valence-electron chi connectivity index (χ0n) is 12.2. The van der Waals surface area contributed by atoms with E-state index in [1.54, 1.807) is 12.1 Å². The van der Waals surface area contributed by atoms with Crippen LogP contribution in [0.1, 0.15) is 12.8 Å². The van der Waals surface area contributed by atoms with Crippen LogP contribution in [-0.2, 0) is 0 Å². The lowest BCUT2D eigenvalue weighted by Gasteiger charge is -2.48. The molecule has 0 amide bonds. The van der Waals surface area contributed by atoms with E-state index in [1.807, 2.05) is 19.2 Å². The fourth-order valence-electron chi connectivity index (χ4n) is 3.50. The molecular formula is C16H24FN3. The summed E-state index contributed by atoms with van der Waals surface area (Å²) in [5.74, 6) is 0.675. The molecule has 0 radical (unpaired) electrons. The molecule has 1 heterocycles. The number of anilines is 1. The van der Waals surface area contributed by atoms with Gasteiger partial charge in [-0.05, 0) is 56.6 Å². The number of halogens is 1. The maximum Gasteiger partial charge on any atom is 0.123 e. The molecule has 1 aliphatic heterocycles. The third kappa shape index (κ3) is 2.81. The summed E-state index contributed by atoms with van der Waals surface area (Å²) in [6, 6.07) is 7.65. The van der Waals surface area contributed by atoms with Crippen LogP contribution in [0.2, 0.25) is 0 Å². The molecule has 0 bridgehead atoms. The summed E-state index contributed by atoms with van der Waals surface area (Å²) >= 11 is 0. The van der Waals surface area contributed by atoms with Crippen LogP contribution in [0.3, 0.4) is 0 Å². The highest BCUT2D eigenvalue weighted by Crippen LogP contribution is 2.32. The molecule has 1 aliphatic carbocycles. The number of hydrogen-bond acceptors (Lipinski definition) is 3. The van der Waals surface area contributed by atoms with Gasteiger partial charge in [0.1, 0.15) is 5.82 Å². The van der Waals surface area contributed by atoms with E-state index < -0.39 is 0 Å². The van der Waals surface area contributed by atoms with Gasteiger partial charge in [-0.1, -0.05) is 0 Å². The lowest BCUT2D eigenvalue weighted by molar-refractivity contribution is 0.0583. The highest BCUT2D eigenvalue weighted by molar-refractivity contribution is 5.46. The molecule has 3 nitrogen and oxygen atoms in total. The Balaban J connectivity index is 1.53. The standard InChI is InChI=1S/C16H24FN3/c1-18-12-13-2-7-16(13)20-10-8-19(9-11-20)15-5-3-14(17)4-6-15/h3-6,13,16,18H,2,7-12H2,1H3. The van der Waals surface area contributed by atoms with Crippen molar-refractivity contribution in [3.8, 4) is 0 Å². The largest absolute Gasteiger partial charge is 0.369 e. The van der Waals surface area contributed by atoms with E-state index in [4.69, 9.17) is 0 Å². The molecule has 2 fully saturated rings. The molecule has 2 unspecified atom stereocenters. The van der Waals surface area contributed by atoms with Crippen LogP contribution in [0, 0.1) is 11.7 Å². The highest BCUT2D eigenvalue weighted by atomic mass is 19.1. The molecule has 0 spiro atoms. The van der Waals surface area contributed by atoms with Gasteiger partial charge in [0.25, 0.3) is 0 Å². The summed E-state index contributed by atoms with van der Waals surface area (Å²) in [7, 11) is 2.04. The quantitative estimate of drug-likeness (QED) is 0.907.